The van der Waals surface area contributed by atoms with E-state index in [1.165, 1.54) is 0 Å². The number of hydrogen-bond acceptors (Lipinski definition) is 5. The third kappa shape index (κ3) is 3.97. The van der Waals surface area contributed by atoms with Crippen molar-refractivity contribution in [1.29, 1.82) is 0 Å². The highest BCUT2D eigenvalue weighted by Crippen LogP contribution is 2.32. The molecular weight excluding hydrogens is 277 g/mol. The number of carboxylic acid groups (broad SMARTS) is 1. The molecule has 0 fully saturated rings. The van der Waals surface area contributed by atoms with Crippen LogP contribution in [0.3, 0.4) is 0 Å². The monoisotopic (exact) mass is 282 g/mol. The summed E-state index contributed by atoms with van der Waals surface area (Å²) in [5, 5.41) is 19.1. The molecule has 0 radical (unpaired) electrons. The number of pyridine rings is 1. The number of nitro groups is 1. The molecule has 0 aliphatic rings. The number of aliphatic carboxylic acids is 1. The first-order valence-corrected chi connectivity index (χ1v) is 4.48. The number of halogens is 3. The lowest BCUT2D eigenvalue weighted by molar-refractivity contribution is -0.389. The lowest BCUT2D eigenvalue weighted by Gasteiger charge is -2.10. The van der Waals surface area contributed by atoms with E-state index >= 15 is 0 Å². The standard InChI is InChI=1S/C8H5F3N2O6/c9-8(10,11)19-4-2-5(14)12-3(1-6(15)16)7(4)13(17)18/h2H,1H2,(H,12,14)(H,15,16). The van der Waals surface area contributed by atoms with Gasteiger partial charge in [-0.15, -0.1) is 13.2 Å². The average Bonchev–Trinajstić information content (AvgIpc) is 2.10. The van der Waals surface area contributed by atoms with Crippen LogP contribution in [0.5, 0.6) is 5.75 Å². The minimum Gasteiger partial charge on any atom is -0.481 e. The van der Waals surface area contributed by atoms with Gasteiger partial charge in [-0.05, 0) is 0 Å². The Morgan fingerprint density at radius 2 is 2.11 bits per heavy atom. The van der Waals surface area contributed by atoms with Crippen molar-refractivity contribution in [3.05, 3.63) is 32.2 Å². The Balaban J connectivity index is 3.44. The second-order valence-corrected chi connectivity index (χ2v) is 3.20. The summed E-state index contributed by atoms with van der Waals surface area (Å²) in [6, 6.07) is 0.219. The summed E-state index contributed by atoms with van der Waals surface area (Å²) in [5.74, 6) is -2.93. The van der Waals surface area contributed by atoms with Gasteiger partial charge in [0.05, 0.1) is 17.4 Å². The third-order valence-electron chi connectivity index (χ3n) is 1.79. The summed E-state index contributed by atoms with van der Waals surface area (Å²) in [6.07, 6.45) is -6.28. The molecule has 0 aliphatic heterocycles. The van der Waals surface area contributed by atoms with Crippen LogP contribution in [0, 0.1) is 10.1 Å². The van der Waals surface area contributed by atoms with E-state index in [2.05, 4.69) is 4.74 Å². The van der Waals surface area contributed by atoms with Crippen LogP contribution < -0.4 is 10.3 Å². The van der Waals surface area contributed by atoms with Gasteiger partial charge in [-0.1, -0.05) is 0 Å². The number of nitrogens with one attached hydrogen (secondary N) is 1. The maximum Gasteiger partial charge on any atom is 0.573 e. The van der Waals surface area contributed by atoms with Gasteiger partial charge in [0, 0.05) is 0 Å². The zero-order chi connectivity index (χ0) is 14.8. The molecular formula is C8H5F3N2O6. The maximum atomic E-state index is 12.0. The van der Waals surface area contributed by atoms with E-state index in [-0.39, 0.29) is 6.07 Å². The molecule has 0 saturated heterocycles. The fourth-order valence-electron chi connectivity index (χ4n) is 1.26. The zero-order valence-corrected chi connectivity index (χ0v) is 8.85. The lowest BCUT2D eigenvalue weighted by Crippen LogP contribution is -2.21. The van der Waals surface area contributed by atoms with Crippen LogP contribution in [0.15, 0.2) is 10.9 Å². The van der Waals surface area contributed by atoms with Gasteiger partial charge in [0.2, 0.25) is 5.75 Å². The number of hydrogen-bond donors (Lipinski definition) is 2. The number of aromatic amines is 1. The van der Waals surface area contributed by atoms with Crippen molar-refractivity contribution in [2.75, 3.05) is 0 Å². The summed E-state index contributed by atoms with van der Waals surface area (Å²) in [6.45, 7) is 0. The molecule has 1 heterocycles. The van der Waals surface area contributed by atoms with Gasteiger partial charge < -0.3 is 14.8 Å². The van der Waals surface area contributed by atoms with Crippen molar-refractivity contribution in [1.82, 2.24) is 4.98 Å². The summed E-state index contributed by atoms with van der Waals surface area (Å²) in [7, 11) is 0. The molecule has 1 rings (SSSR count). The van der Waals surface area contributed by atoms with Crippen molar-refractivity contribution < 1.29 is 32.7 Å². The number of H-pyrrole nitrogens is 1. The smallest absolute Gasteiger partial charge is 0.481 e. The SMILES string of the molecule is O=C(O)Cc1[nH]c(=O)cc(OC(F)(F)F)c1[N+](=O)[O-]. The Bertz CT molecular complexity index is 579. The summed E-state index contributed by atoms with van der Waals surface area (Å²) in [4.78, 5) is 32.7. The highest BCUT2D eigenvalue weighted by atomic mass is 19.4. The predicted octanol–water partition coefficient (Wildman–Crippen LogP) is 0.809. The number of nitrogens with zero attached hydrogens (tertiary/aromatic N) is 1. The lowest BCUT2D eigenvalue weighted by atomic mass is 10.2. The Morgan fingerprint density at radius 1 is 1.53 bits per heavy atom. The molecule has 1 aromatic rings. The van der Waals surface area contributed by atoms with E-state index in [4.69, 9.17) is 5.11 Å². The summed E-state index contributed by atoms with van der Waals surface area (Å²) in [5.41, 5.74) is -3.19. The zero-order valence-electron chi connectivity index (χ0n) is 8.85. The molecule has 2 N–H and O–H groups in total. The van der Waals surface area contributed by atoms with Crippen LogP contribution in [-0.4, -0.2) is 27.3 Å². The minimum atomic E-state index is -5.25. The third-order valence-corrected chi connectivity index (χ3v) is 1.79. The Hall–Kier alpha value is -2.59. The van der Waals surface area contributed by atoms with Crippen LogP contribution in [0.2, 0.25) is 0 Å². The van der Waals surface area contributed by atoms with Crippen molar-refractivity contribution >= 4 is 11.7 Å². The molecule has 8 nitrogen and oxygen atoms in total. The van der Waals surface area contributed by atoms with Crippen molar-refractivity contribution in [2.45, 2.75) is 12.8 Å². The normalized spacial score (nSPS) is 11.1. The molecule has 1 aromatic heterocycles. The Labute approximate surface area is 101 Å². The van der Waals surface area contributed by atoms with Gasteiger partial charge >= 0.3 is 18.0 Å². The van der Waals surface area contributed by atoms with Crippen molar-refractivity contribution in [2.24, 2.45) is 0 Å². The number of carboxylic acids is 1. The second kappa shape index (κ2) is 4.96. The van der Waals surface area contributed by atoms with Crippen LogP contribution in [0.1, 0.15) is 5.69 Å². The van der Waals surface area contributed by atoms with Crippen LogP contribution in [0.4, 0.5) is 18.9 Å². The van der Waals surface area contributed by atoms with Gasteiger partial charge in [0.25, 0.3) is 5.56 Å². The topological polar surface area (TPSA) is 123 Å². The number of rotatable bonds is 4. The van der Waals surface area contributed by atoms with E-state index in [1.54, 1.807) is 4.98 Å². The van der Waals surface area contributed by atoms with E-state index in [0.717, 1.165) is 0 Å². The number of aromatic nitrogens is 1. The predicted molar refractivity (Wildman–Crippen MR) is 51.7 cm³/mol. The van der Waals surface area contributed by atoms with Crippen molar-refractivity contribution in [3.63, 3.8) is 0 Å². The highest BCUT2D eigenvalue weighted by Gasteiger charge is 2.36. The quantitative estimate of drug-likeness (QED) is 0.622. The van der Waals surface area contributed by atoms with E-state index < -0.39 is 46.4 Å². The molecule has 0 saturated carbocycles. The molecule has 0 unspecified atom stereocenters. The molecule has 0 bridgehead atoms. The molecule has 0 aliphatic carbocycles. The first-order valence-electron chi connectivity index (χ1n) is 4.48. The highest BCUT2D eigenvalue weighted by molar-refractivity contribution is 5.72. The molecule has 0 atom stereocenters. The minimum absolute atomic E-state index is 0.219. The fourth-order valence-corrected chi connectivity index (χ4v) is 1.26. The second-order valence-electron chi connectivity index (χ2n) is 3.20. The van der Waals surface area contributed by atoms with Gasteiger partial charge in [0.15, 0.2) is 0 Å². The van der Waals surface area contributed by atoms with Gasteiger partial charge in [0.1, 0.15) is 5.69 Å². The summed E-state index contributed by atoms with van der Waals surface area (Å²) < 4.78 is 39.5. The van der Waals surface area contributed by atoms with Crippen LogP contribution in [-0.2, 0) is 11.2 Å². The van der Waals surface area contributed by atoms with Crippen molar-refractivity contribution in [3.8, 4) is 5.75 Å². The van der Waals surface area contributed by atoms with Crippen LogP contribution in [0.25, 0.3) is 0 Å². The van der Waals surface area contributed by atoms with E-state index in [1.807, 2.05) is 0 Å². The number of ether oxygens (including phenoxy) is 1. The molecule has 0 amide bonds. The largest absolute Gasteiger partial charge is 0.573 e. The Kier molecular flexibility index (Phi) is 3.77. The molecule has 0 spiro atoms. The van der Waals surface area contributed by atoms with Gasteiger partial charge in [-0.3, -0.25) is 19.7 Å². The maximum absolute atomic E-state index is 12.0. The fraction of sp³-hybridized carbons (Fsp3) is 0.250. The first-order chi connectivity index (χ1) is 8.60. The average molecular weight is 282 g/mol. The van der Waals surface area contributed by atoms with E-state index in [0.29, 0.717) is 0 Å². The number of carbonyl (C=O) groups is 1. The van der Waals surface area contributed by atoms with Crippen LogP contribution >= 0.6 is 0 Å². The molecule has 0 aromatic carbocycles. The summed E-state index contributed by atoms with van der Waals surface area (Å²) >= 11 is 0. The number of alkyl halides is 3. The van der Waals surface area contributed by atoms with Gasteiger partial charge in [-0.2, -0.15) is 0 Å². The van der Waals surface area contributed by atoms with Gasteiger partial charge in [-0.25, -0.2) is 0 Å². The molecule has 104 valence electrons. The Morgan fingerprint density at radius 3 is 2.53 bits per heavy atom. The first kappa shape index (κ1) is 14.5. The van der Waals surface area contributed by atoms with E-state index in [9.17, 15) is 32.9 Å². The molecule has 19 heavy (non-hydrogen) atoms. The molecule has 11 heteroatoms.